The Hall–Kier alpha value is 2.74. The van der Waals surface area contributed by atoms with Crippen LogP contribution >= 0.6 is 45.6 Å². The van der Waals surface area contributed by atoms with Crippen LogP contribution in [0.25, 0.3) is 0 Å². The maximum absolute atomic E-state index is 10.0. The van der Waals surface area contributed by atoms with Gasteiger partial charge in [-0.3, -0.25) is 0 Å². The van der Waals surface area contributed by atoms with Crippen LogP contribution in [0.3, 0.4) is 0 Å². The van der Waals surface area contributed by atoms with Gasteiger partial charge >= 0.3 is 68.3 Å². The molecule has 0 aliphatic heterocycles. The zero-order valence-corrected chi connectivity index (χ0v) is 37.4. The second-order valence-corrected chi connectivity index (χ2v) is 18.9. The van der Waals surface area contributed by atoms with E-state index in [9.17, 15) is 86.1 Å². The van der Waals surface area contributed by atoms with Gasteiger partial charge in [-0.2, -0.15) is 0 Å². The summed E-state index contributed by atoms with van der Waals surface area (Å²) in [5.41, 5.74) is 29.4. The number of nitrogens with two attached hydrogens (primary N) is 6. The Morgan fingerprint density at radius 2 is 0.327 bits per heavy atom. The van der Waals surface area contributed by atoms with Crippen molar-refractivity contribution in [3.8, 4) is 0 Å². The minimum Gasteiger partial charge on any atom is -0.811 e. The van der Waals surface area contributed by atoms with E-state index in [1.54, 1.807) is 0 Å². The molecule has 0 unspecified atom stereocenters. The molecule has 0 amide bonds. The van der Waals surface area contributed by atoms with E-state index in [0.717, 1.165) is 0 Å². The first-order chi connectivity index (χ1) is 21.4. The largest absolute Gasteiger partial charge is 3.00 e. The molecule has 0 fully saturated rings. The summed E-state index contributed by atoms with van der Waals surface area (Å²) in [4.78, 5) is 120. The van der Waals surface area contributed by atoms with Crippen LogP contribution in [0.4, 0.5) is 0 Å². The van der Waals surface area contributed by atoms with E-state index >= 15 is 0 Å². The van der Waals surface area contributed by atoms with Crippen molar-refractivity contribution >= 4 is 45.6 Å². The van der Waals surface area contributed by atoms with Gasteiger partial charge in [-0.05, 0) is 75.5 Å². The molecule has 4 radical (unpaired) electrons. The fourth-order valence-corrected chi connectivity index (χ4v) is 5.50. The van der Waals surface area contributed by atoms with Gasteiger partial charge in [0.15, 0.2) is 0 Å². The number of hydrogen-bond donors (Lipinski definition) is 6. The van der Waals surface area contributed by atoms with E-state index in [1.165, 1.54) is 0 Å². The van der Waals surface area contributed by atoms with Gasteiger partial charge in [0.1, 0.15) is 0 Å². The number of unbranched alkanes of at least 4 members (excludes halogenated alkanes) is 3. The average molecular weight is 1050 g/mol. The maximum Gasteiger partial charge on any atom is 3.00 e. The SMILES string of the molecule is NCCN.NCCN.NCCN.O=P([O-])([O-])CCCCP(=O)([O-])[O-].O=P([O-])([O-])CCCCP(=O)([O-])[O-].O=P([O-])([O-])CCCCP(=O)([O-])[O-].[Fe+3].[Fe+3].[Fe+3].[Fe+3]. The zero-order valence-electron chi connectivity index (χ0n) is 27.6. The summed E-state index contributed by atoms with van der Waals surface area (Å²) in [6.45, 7) is 3.58. The van der Waals surface area contributed by atoms with Crippen LogP contribution in [-0.2, 0) is 95.7 Å². The van der Waals surface area contributed by atoms with Crippen LogP contribution in [0.1, 0.15) is 38.5 Å². The normalized spacial score (nSPS) is 11.0. The first kappa shape index (κ1) is 79.0. The predicted molar refractivity (Wildman–Crippen MR) is 157 cm³/mol. The van der Waals surface area contributed by atoms with Crippen molar-refractivity contribution in [2.75, 3.05) is 76.2 Å². The van der Waals surface area contributed by atoms with Crippen LogP contribution in [-0.4, -0.2) is 76.2 Å². The zero-order chi connectivity index (χ0) is 39.7. The Morgan fingerprint density at radius 3 is 0.365 bits per heavy atom. The first-order valence-electron chi connectivity index (χ1n) is 13.6. The van der Waals surface area contributed by atoms with E-state index in [2.05, 4.69) is 0 Å². The number of hydrogen-bond acceptors (Lipinski definition) is 24. The molecule has 0 bridgehead atoms. The predicted octanol–water partition coefficient (Wildman–Crippen LogP) is -10.5. The Kier molecular flexibility index (Phi) is 70.5. The van der Waals surface area contributed by atoms with Gasteiger partial charge in [-0.15, -0.1) is 0 Å². The monoisotopic (exact) mass is 1050 g/mol. The van der Waals surface area contributed by atoms with E-state index in [1.807, 2.05) is 0 Å². The first-order valence-corrected chi connectivity index (χ1v) is 24.0. The molecule has 320 valence electrons. The summed E-state index contributed by atoms with van der Waals surface area (Å²) in [5.74, 6) is 0. The molecule has 0 atom stereocenters. The average Bonchev–Trinajstić information content (AvgIpc) is 2.90. The molecule has 0 aromatic rings. The molecule has 0 aliphatic carbocycles. The van der Waals surface area contributed by atoms with Gasteiger partial charge < -0.3 is 121 Å². The van der Waals surface area contributed by atoms with Crippen molar-refractivity contribution < 1.29 is 154 Å². The molecular weight excluding hydrogens is 997 g/mol. The maximum atomic E-state index is 10.0. The van der Waals surface area contributed by atoms with Gasteiger partial charge in [0.25, 0.3) is 0 Å². The molecule has 0 aromatic heterocycles. The molecule has 0 aromatic carbocycles. The fourth-order valence-electron chi connectivity index (χ4n) is 1.83. The number of rotatable bonds is 18. The van der Waals surface area contributed by atoms with Crippen molar-refractivity contribution in [1.82, 2.24) is 0 Å². The van der Waals surface area contributed by atoms with Gasteiger partial charge in [0, 0.05) is 39.3 Å². The molecule has 0 heterocycles. The van der Waals surface area contributed by atoms with Crippen LogP contribution in [0.5, 0.6) is 0 Å². The third-order valence-corrected chi connectivity index (χ3v) is 9.03. The van der Waals surface area contributed by atoms with E-state index in [4.69, 9.17) is 34.4 Å². The van der Waals surface area contributed by atoms with Crippen molar-refractivity contribution in [3.63, 3.8) is 0 Å². The fraction of sp³-hybridized carbons (Fsp3) is 1.00. The smallest absolute Gasteiger partial charge is 0.811 e. The van der Waals surface area contributed by atoms with Crippen LogP contribution in [0, 0.1) is 0 Å². The van der Waals surface area contributed by atoms with Crippen molar-refractivity contribution in [2.24, 2.45) is 34.4 Å². The molecule has 12 N–H and O–H groups in total. The summed E-state index contributed by atoms with van der Waals surface area (Å²) in [6, 6.07) is 0. The van der Waals surface area contributed by atoms with E-state index in [-0.39, 0.29) is 107 Å². The van der Waals surface area contributed by atoms with Crippen molar-refractivity contribution in [3.05, 3.63) is 0 Å². The van der Waals surface area contributed by atoms with E-state index < -0.39 is 82.5 Å². The molecule has 52 heavy (non-hydrogen) atoms. The van der Waals surface area contributed by atoms with Crippen LogP contribution < -0.4 is 93.1 Å². The third-order valence-electron chi connectivity index (χ3n) is 3.84. The molecular formula is C18H48Fe4N6O18P6. The summed E-state index contributed by atoms with van der Waals surface area (Å²) < 4.78 is 60.0. The molecule has 0 saturated carbocycles. The quantitative estimate of drug-likeness (QED) is 0.0422. The minimum atomic E-state index is -4.54. The molecule has 34 heteroatoms. The second-order valence-electron chi connectivity index (χ2n) is 8.86. The Morgan fingerprint density at radius 1 is 0.250 bits per heavy atom. The summed E-state index contributed by atoms with van der Waals surface area (Å²) >= 11 is 0. The van der Waals surface area contributed by atoms with Crippen LogP contribution in [0.2, 0.25) is 0 Å². The summed E-state index contributed by atoms with van der Waals surface area (Å²) in [7, 11) is -27.2. The Balaban J connectivity index is -0.0000000532. The van der Waals surface area contributed by atoms with Crippen molar-refractivity contribution in [1.29, 1.82) is 0 Å². The Labute approximate surface area is 347 Å². The molecule has 0 aliphatic rings. The van der Waals surface area contributed by atoms with Gasteiger partial charge in [-0.1, -0.05) is 45.6 Å². The van der Waals surface area contributed by atoms with Gasteiger partial charge in [-0.25, -0.2) is 0 Å². The molecule has 0 saturated heterocycles. The van der Waals surface area contributed by atoms with Gasteiger partial charge in [0.05, 0.1) is 0 Å². The van der Waals surface area contributed by atoms with Gasteiger partial charge in [0.2, 0.25) is 0 Å². The molecule has 0 rings (SSSR count). The van der Waals surface area contributed by atoms with E-state index in [0.29, 0.717) is 39.3 Å². The Bertz CT molecular complexity index is 814. The minimum absolute atomic E-state index is 0. The standard InChI is InChI=1S/3C4H12O6P2.3C2H8N2.4Fe/c3*5-11(6,7)3-1-2-4-12(8,9)10;3*3-1-2-4;;;;/h3*1-4H2,(H2,5,6,7)(H2,8,9,10);3*1-4H2;;;;/q;;;;;;4*+3/p-12. The topological polar surface area (TPSA) is 535 Å². The van der Waals surface area contributed by atoms with Crippen LogP contribution in [0.15, 0.2) is 0 Å². The van der Waals surface area contributed by atoms with Crippen molar-refractivity contribution in [2.45, 2.75) is 38.5 Å². The second kappa shape index (κ2) is 46.4. The molecule has 0 spiro atoms. The molecule has 24 nitrogen and oxygen atoms in total. The summed E-state index contributed by atoms with van der Waals surface area (Å²) in [6.07, 6.45) is -3.97. The summed E-state index contributed by atoms with van der Waals surface area (Å²) in [5, 5.41) is 0. The third kappa shape index (κ3) is 132.